The summed E-state index contributed by atoms with van der Waals surface area (Å²) in [5, 5.41) is 28.0. The monoisotopic (exact) mass is 228 g/mol. The van der Waals surface area contributed by atoms with E-state index in [1.54, 1.807) is 0 Å². The lowest BCUT2D eigenvalue weighted by Gasteiger charge is -2.10. The average molecular weight is 228 g/mol. The molecule has 16 heavy (non-hydrogen) atoms. The quantitative estimate of drug-likeness (QED) is 0.477. The summed E-state index contributed by atoms with van der Waals surface area (Å²) in [4.78, 5) is 32.3. The number of aromatic nitrogens is 3. The van der Waals surface area contributed by atoms with Gasteiger partial charge in [-0.2, -0.15) is 15.4 Å². The summed E-state index contributed by atoms with van der Waals surface area (Å²) >= 11 is 0. The first-order chi connectivity index (χ1) is 7.50. The van der Waals surface area contributed by atoms with Gasteiger partial charge in [-0.15, -0.1) is 0 Å². The molecular weight excluding hydrogens is 220 g/mol. The Morgan fingerprint density at radius 1 is 1.44 bits per heavy atom. The number of carbonyl (C=O) groups excluding carboxylic acids is 1. The second-order valence-electron chi connectivity index (χ2n) is 2.82. The number of nitrogens with zero attached hydrogens (tertiary/aromatic N) is 2. The molecule has 1 amide bonds. The zero-order valence-corrected chi connectivity index (χ0v) is 7.88. The lowest BCUT2D eigenvalue weighted by Crippen LogP contribution is -2.42. The van der Waals surface area contributed by atoms with Crippen LogP contribution in [0, 0.1) is 0 Å². The largest absolute Gasteiger partial charge is 0.481 e. The second-order valence-corrected chi connectivity index (χ2v) is 2.82. The van der Waals surface area contributed by atoms with E-state index in [1.807, 2.05) is 5.32 Å². The summed E-state index contributed by atoms with van der Waals surface area (Å²) < 4.78 is 0. The molecular formula is C7H8N4O5. The van der Waals surface area contributed by atoms with E-state index in [2.05, 4.69) is 15.4 Å². The van der Waals surface area contributed by atoms with Crippen molar-refractivity contribution in [1.82, 2.24) is 20.7 Å². The van der Waals surface area contributed by atoms with Gasteiger partial charge in [0.2, 0.25) is 0 Å². The van der Waals surface area contributed by atoms with E-state index in [9.17, 15) is 14.4 Å². The van der Waals surface area contributed by atoms with Gasteiger partial charge in [0.1, 0.15) is 6.04 Å². The van der Waals surface area contributed by atoms with E-state index >= 15 is 0 Å². The Morgan fingerprint density at radius 2 is 2.12 bits per heavy atom. The fraction of sp³-hybridized carbons (Fsp3) is 0.286. The molecule has 4 N–H and O–H groups in total. The van der Waals surface area contributed by atoms with Crippen molar-refractivity contribution in [3.63, 3.8) is 0 Å². The summed E-state index contributed by atoms with van der Waals surface area (Å²) in [5.41, 5.74) is -0.114. The van der Waals surface area contributed by atoms with E-state index < -0.39 is 30.3 Å². The van der Waals surface area contributed by atoms with Gasteiger partial charge in [-0.05, 0) is 0 Å². The summed E-state index contributed by atoms with van der Waals surface area (Å²) in [6.07, 6.45) is 0.383. The maximum Gasteiger partial charge on any atom is 0.326 e. The molecule has 0 saturated carbocycles. The Hall–Kier alpha value is -2.45. The number of carboxylic acids is 2. The molecule has 1 aromatic rings. The molecule has 0 saturated heterocycles. The van der Waals surface area contributed by atoms with Crippen LogP contribution in [0.1, 0.15) is 16.9 Å². The molecule has 1 atom stereocenters. The highest BCUT2D eigenvalue weighted by Gasteiger charge is 2.24. The van der Waals surface area contributed by atoms with Gasteiger partial charge in [-0.3, -0.25) is 9.59 Å². The second kappa shape index (κ2) is 4.87. The summed E-state index contributed by atoms with van der Waals surface area (Å²) in [6.45, 7) is 0. The zero-order chi connectivity index (χ0) is 12.1. The third-order valence-corrected chi connectivity index (χ3v) is 1.63. The van der Waals surface area contributed by atoms with Gasteiger partial charge in [0, 0.05) is 0 Å². The summed E-state index contributed by atoms with van der Waals surface area (Å²) in [5.74, 6) is -3.56. The van der Waals surface area contributed by atoms with Gasteiger partial charge in [-0.25, -0.2) is 4.79 Å². The van der Waals surface area contributed by atoms with Crippen LogP contribution in [-0.2, 0) is 9.59 Å². The molecule has 0 bridgehead atoms. The van der Waals surface area contributed by atoms with E-state index in [0.717, 1.165) is 6.20 Å². The number of amides is 1. The molecule has 9 nitrogen and oxygen atoms in total. The maximum atomic E-state index is 11.3. The van der Waals surface area contributed by atoms with Crippen LogP contribution in [-0.4, -0.2) is 49.5 Å². The van der Waals surface area contributed by atoms with Gasteiger partial charge < -0.3 is 15.5 Å². The highest BCUT2D eigenvalue weighted by molar-refractivity contribution is 5.95. The van der Waals surface area contributed by atoms with Gasteiger partial charge in [0.25, 0.3) is 5.91 Å². The first kappa shape index (κ1) is 11.6. The van der Waals surface area contributed by atoms with Gasteiger partial charge >= 0.3 is 11.9 Å². The SMILES string of the molecule is O=C(O)CC(NC(=O)c1cn[nH]n1)C(=O)O. The van der Waals surface area contributed by atoms with Crippen molar-refractivity contribution in [2.24, 2.45) is 0 Å². The molecule has 0 aliphatic heterocycles. The van der Waals surface area contributed by atoms with Crippen molar-refractivity contribution in [2.45, 2.75) is 12.5 Å². The molecule has 9 heteroatoms. The molecule has 1 rings (SSSR count). The van der Waals surface area contributed by atoms with Crippen LogP contribution in [0.3, 0.4) is 0 Å². The number of hydrogen-bond acceptors (Lipinski definition) is 5. The smallest absolute Gasteiger partial charge is 0.326 e. The fourth-order valence-electron chi connectivity index (χ4n) is 0.918. The predicted octanol–water partition coefficient (Wildman–Crippen LogP) is -1.54. The number of nitrogens with one attached hydrogen (secondary N) is 2. The standard InChI is InChI=1S/C7H8N4O5/c12-5(13)1-3(7(15)16)9-6(14)4-2-8-11-10-4/h2-3H,1H2,(H,9,14)(H,12,13)(H,15,16)(H,8,10,11). The van der Waals surface area contributed by atoms with E-state index in [4.69, 9.17) is 10.2 Å². The number of rotatable bonds is 5. The van der Waals surface area contributed by atoms with Crippen LogP contribution >= 0.6 is 0 Å². The molecule has 0 aliphatic rings. The zero-order valence-electron chi connectivity index (χ0n) is 7.88. The number of H-pyrrole nitrogens is 1. The van der Waals surface area contributed by atoms with Crippen LogP contribution in [0.4, 0.5) is 0 Å². The number of carbonyl (C=O) groups is 3. The molecule has 0 aromatic carbocycles. The highest BCUT2D eigenvalue weighted by atomic mass is 16.4. The van der Waals surface area contributed by atoms with Crippen molar-refractivity contribution in [3.05, 3.63) is 11.9 Å². The Balaban J connectivity index is 2.65. The topological polar surface area (TPSA) is 145 Å². The highest BCUT2D eigenvalue weighted by Crippen LogP contribution is 1.96. The first-order valence-electron chi connectivity index (χ1n) is 4.12. The van der Waals surface area contributed by atoms with E-state index in [1.165, 1.54) is 0 Å². The van der Waals surface area contributed by atoms with Gasteiger partial charge in [-0.1, -0.05) is 0 Å². The molecule has 1 unspecified atom stereocenters. The lowest BCUT2D eigenvalue weighted by molar-refractivity contribution is -0.145. The van der Waals surface area contributed by atoms with Crippen LogP contribution < -0.4 is 5.32 Å². The molecule has 86 valence electrons. The minimum atomic E-state index is -1.50. The number of aliphatic carboxylic acids is 2. The van der Waals surface area contributed by atoms with Gasteiger partial charge in [0.15, 0.2) is 5.69 Å². The number of hydrogen-bond donors (Lipinski definition) is 4. The summed E-state index contributed by atoms with van der Waals surface area (Å²) in [7, 11) is 0. The van der Waals surface area contributed by atoms with Crippen molar-refractivity contribution >= 4 is 17.8 Å². The lowest BCUT2D eigenvalue weighted by atomic mass is 10.2. The van der Waals surface area contributed by atoms with Crippen LogP contribution in [0.5, 0.6) is 0 Å². The average Bonchev–Trinajstić information content (AvgIpc) is 2.68. The molecule has 1 heterocycles. The van der Waals surface area contributed by atoms with Crippen molar-refractivity contribution in [3.8, 4) is 0 Å². The third kappa shape index (κ3) is 3.04. The molecule has 0 fully saturated rings. The predicted molar refractivity (Wildman–Crippen MR) is 47.5 cm³/mol. The first-order valence-corrected chi connectivity index (χ1v) is 4.12. The van der Waals surface area contributed by atoms with Crippen LogP contribution in [0.15, 0.2) is 6.20 Å². The Morgan fingerprint density at radius 3 is 2.56 bits per heavy atom. The minimum absolute atomic E-state index is 0.114. The molecule has 1 aromatic heterocycles. The Bertz CT molecular complexity index is 401. The molecule has 0 aliphatic carbocycles. The Labute approximate surface area is 88.5 Å². The Kier molecular flexibility index (Phi) is 3.53. The van der Waals surface area contributed by atoms with Crippen molar-refractivity contribution < 1.29 is 24.6 Å². The molecule has 0 spiro atoms. The fourth-order valence-corrected chi connectivity index (χ4v) is 0.918. The van der Waals surface area contributed by atoms with Crippen molar-refractivity contribution in [1.29, 1.82) is 0 Å². The van der Waals surface area contributed by atoms with Crippen LogP contribution in [0.25, 0.3) is 0 Å². The number of carboxylic acid groups (broad SMARTS) is 2. The number of aromatic amines is 1. The van der Waals surface area contributed by atoms with E-state index in [0.29, 0.717) is 0 Å². The summed E-state index contributed by atoms with van der Waals surface area (Å²) in [6, 6.07) is -1.50. The van der Waals surface area contributed by atoms with Gasteiger partial charge in [0.05, 0.1) is 12.6 Å². The normalized spacial score (nSPS) is 11.8. The minimum Gasteiger partial charge on any atom is -0.481 e. The third-order valence-electron chi connectivity index (χ3n) is 1.63. The van der Waals surface area contributed by atoms with Crippen molar-refractivity contribution in [2.75, 3.05) is 0 Å². The van der Waals surface area contributed by atoms with E-state index in [-0.39, 0.29) is 5.69 Å². The molecule has 0 radical (unpaired) electrons. The van der Waals surface area contributed by atoms with Crippen LogP contribution in [0.2, 0.25) is 0 Å². The maximum absolute atomic E-state index is 11.3.